The van der Waals surface area contributed by atoms with Crippen molar-refractivity contribution >= 4 is 17.7 Å². The van der Waals surface area contributed by atoms with Crippen LogP contribution in [0.5, 0.6) is 0 Å². The third kappa shape index (κ3) is 3.17. The van der Waals surface area contributed by atoms with Crippen LogP contribution in [-0.4, -0.2) is 38.4 Å². The molecule has 0 spiro atoms. The summed E-state index contributed by atoms with van der Waals surface area (Å²) in [6, 6.07) is 10.5. The number of likely N-dealkylation sites (tertiary alicyclic amines) is 1. The van der Waals surface area contributed by atoms with Crippen molar-refractivity contribution in [3.05, 3.63) is 53.3 Å². The van der Waals surface area contributed by atoms with Gasteiger partial charge in [-0.25, -0.2) is 4.68 Å². The van der Waals surface area contributed by atoms with Crippen molar-refractivity contribution in [3.63, 3.8) is 0 Å². The molecular weight excluding hydrogens is 354 g/mol. The van der Waals surface area contributed by atoms with Crippen molar-refractivity contribution in [3.8, 4) is 0 Å². The molecular formula is C22H25N3O3. The fourth-order valence-electron chi connectivity index (χ4n) is 4.61. The van der Waals surface area contributed by atoms with Gasteiger partial charge in [-0.1, -0.05) is 43.2 Å². The Labute approximate surface area is 164 Å². The third-order valence-electron chi connectivity index (χ3n) is 5.96. The third-order valence-corrected chi connectivity index (χ3v) is 5.96. The van der Waals surface area contributed by atoms with Gasteiger partial charge in [0.25, 0.3) is 5.91 Å². The highest BCUT2D eigenvalue weighted by molar-refractivity contribution is 6.08. The van der Waals surface area contributed by atoms with E-state index in [1.165, 1.54) is 9.58 Å². The van der Waals surface area contributed by atoms with E-state index in [0.717, 1.165) is 36.9 Å². The van der Waals surface area contributed by atoms with E-state index in [1.807, 2.05) is 50.2 Å². The molecule has 3 atom stereocenters. The van der Waals surface area contributed by atoms with Crippen molar-refractivity contribution in [2.24, 2.45) is 11.8 Å². The summed E-state index contributed by atoms with van der Waals surface area (Å²) in [6.45, 7) is 3.63. The standard InChI is InChI=1S/C22H25N3O3/c1-14-12-15(2)25(23-14)22(28)19(13-16-8-4-3-5-9-16)24-20(26)17-10-6-7-11-18(17)21(24)27/h3-5,8-9,12,17-19H,6-7,10-11,13H2,1-2H3/t17-,18+,19-/m1/s1. The predicted molar refractivity (Wildman–Crippen MR) is 104 cm³/mol. The maximum Gasteiger partial charge on any atom is 0.270 e. The fraction of sp³-hybridized carbons (Fsp3) is 0.455. The Hall–Kier alpha value is -2.76. The number of carbonyl (C=O) groups is 3. The summed E-state index contributed by atoms with van der Waals surface area (Å²) in [4.78, 5) is 40.9. The molecule has 2 amide bonds. The van der Waals surface area contributed by atoms with E-state index >= 15 is 0 Å². The average Bonchev–Trinajstić information content (AvgIpc) is 3.17. The minimum Gasteiger partial charge on any atom is -0.274 e. The summed E-state index contributed by atoms with van der Waals surface area (Å²) in [5, 5.41) is 4.30. The minimum atomic E-state index is -0.869. The zero-order valence-electron chi connectivity index (χ0n) is 16.3. The normalized spacial score (nSPS) is 23.0. The van der Waals surface area contributed by atoms with E-state index in [2.05, 4.69) is 5.10 Å². The number of benzene rings is 1. The summed E-state index contributed by atoms with van der Waals surface area (Å²) < 4.78 is 1.34. The second-order valence-corrected chi connectivity index (χ2v) is 7.93. The van der Waals surface area contributed by atoms with Crippen LogP contribution in [0.1, 0.15) is 47.4 Å². The Morgan fingerprint density at radius 1 is 1.07 bits per heavy atom. The van der Waals surface area contributed by atoms with Crippen LogP contribution >= 0.6 is 0 Å². The highest BCUT2D eigenvalue weighted by Crippen LogP contribution is 2.39. The number of nitrogens with zero attached hydrogens (tertiary/aromatic N) is 3. The molecule has 1 aliphatic carbocycles. The van der Waals surface area contributed by atoms with E-state index < -0.39 is 6.04 Å². The number of hydrogen-bond donors (Lipinski definition) is 0. The number of aryl methyl sites for hydroxylation is 2. The summed E-state index contributed by atoms with van der Waals surface area (Å²) in [5.41, 5.74) is 2.35. The lowest BCUT2D eigenvalue weighted by atomic mass is 9.81. The van der Waals surface area contributed by atoms with Gasteiger partial charge in [0.05, 0.1) is 17.5 Å². The predicted octanol–water partition coefficient (Wildman–Crippen LogP) is 2.93. The van der Waals surface area contributed by atoms with E-state index in [9.17, 15) is 14.4 Å². The molecule has 0 unspecified atom stereocenters. The molecule has 28 heavy (non-hydrogen) atoms. The van der Waals surface area contributed by atoms with Crippen LogP contribution in [0.2, 0.25) is 0 Å². The molecule has 2 aromatic rings. The Morgan fingerprint density at radius 2 is 1.68 bits per heavy atom. The van der Waals surface area contributed by atoms with Gasteiger partial charge in [-0.05, 0) is 38.3 Å². The number of carbonyl (C=O) groups excluding carboxylic acids is 3. The van der Waals surface area contributed by atoms with E-state index in [1.54, 1.807) is 0 Å². The first-order chi connectivity index (χ1) is 13.5. The van der Waals surface area contributed by atoms with Crippen LogP contribution in [0.15, 0.2) is 36.4 Å². The smallest absolute Gasteiger partial charge is 0.270 e. The first-order valence-electron chi connectivity index (χ1n) is 9.95. The Balaban J connectivity index is 1.72. The topological polar surface area (TPSA) is 72.3 Å². The molecule has 1 aromatic heterocycles. The first kappa shape index (κ1) is 18.6. The van der Waals surface area contributed by atoms with Gasteiger partial charge in [0.2, 0.25) is 11.8 Å². The Morgan fingerprint density at radius 3 is 2.21 bits per heavy atom. The van der Waals surface area contributed by atoms with Crippen molar-refractivity contribution in [1.82, 2.24) is 14.7 Å². The van der Waals surface area contributed by atoms with Gasteiger partial charge in [0, 0.05) is 12.1 Å². The van der Waals surface area contributed by atoms with E-state index in [-0.39, 0.29) is 29.6 Å². The number of imide groups is 1. The Kier molecular flexibility index (Phi) is 4.87. The summed E-state index contributed by atoms with van der Waals surface area (Å²) >= 11 is 0. The molecule has 0 N–H and O–H groups in total. The molecule has 2 heterocycles. The molecule has 1 saturated carbocycles. The van der Waals surface area contributed by atoms with Gasteiger partial charge in [-0.2, -0.15) is 5.10 Å². The van der Waals surface area contributed by atoms with Crippen LogP contribution in [0.4, 0.5) is 0 Å². The average molecular weight is 379 g/mol. The van der Waals surface area contributed by atoms with Crippen LogP contribution in [0.25, 0.3) is 0 Å². The monoisotopic (exact) mass is 379 g/mol. The lowest BCUT2D eigenvalue weighted by Gasteiger charge is -2.26. The SMILES string of the molecule is Cc1cc(C)n(C(=O)[C@@H](Cc2ccccc2)N2C(=O)[C@H]3CCCC[C@H]3C2=O)n1. The molecule has 1 aromatic carbocycles. The van der Waals surface area contributed by atoms with Gasteiger partial charge in [0.15, 0.2) is 0 Å². The van der Waals surface area contributed by atoms with Crippen LogP contribution in [-0.2, 0) is 16.0 Å². The highest BCUT2D eigenvalue weighted by atomic mass is 16.2. The number of fused-ring (bicyclic) bond motifs is 1. The highest BCUT2D eigenvalue weighted by Gasteiger charge is 2.52. The molecule has 2 aliphatic rings. The zero-order chi connectivity index (χ0) is 19.8. The fourth-order valence-corrected chi connectivity index (χ4v) is 4.61. The zero-order valence-corrected chi connectivity index (χ0v) is 16.3. The molecule has 6 heteroatoms. The molecule has 1 saturated heterocycles. The maximum atomic E-state index is 13.4. The summed E-state index contributed by atoms with van der Waals surface area (Å²) in [5.74, 6) is -1.24. The van der Waals surface area contributed by atoms with Crippen LogP contribution in [0, 0.1) is 25.7 Å². The largest absolute Gasteiger partial charge is 0.274 e. The maximum absolute atomic E-state index is 13.4. The minimum absolute atomic E-state index is 0.189. The van der Waals surface area contributed by atoms with Crippen LogP contribution < -0.4 is 0 Å². The second-order valence-electron chi connectivity index (χ2n) is 7.93. The van der Waals surface area contributed by atoms with Gasteiger partial charge >= 0.3 is 0 Å². The van der Waals surface area contributed by atoms with Gasteiger partial charge < -0.3 is 0 Å². The lowest BCUT2D eigenvalue weighted by Crippen LogP contribution is -2.49. The molecule has 146 valence electrons. The Bertz CT molecular complexity index is 894. The van der Waals surface area contributed by atoms with E-state index in [4.69, 9.17) is 0 Å². The van der Waals surface area contributed by atoms with Crippen molar-refractivity contribution in [1.29, 1.82) is 0 Å². The summed E-state index contributed by atoms with van der Waals surface area (Å²) in [6.07, 6.45) is 3.69. The van der Waals surface area contributed by atoms with Crippen LogP contribution in [0.3, 0.4) is 0 Å². The summed E-state index contributed by atoms with van der Waals surface area (Å²) in [7, 11) is 0. The molecule has 0 radical (unpaired) electrons. The number of amides is 2. The van der Waals surface area contributed by atoms with Crippen molar-refractivity contribution < 1.29 is 14.4 Å². The first-order valence-corrected chi connectivity index (χ1v) is 9.95. The van der Waals surface area contributed by atoms with Gasteiger partial charge in [-0.15, -0.1) is 0 Å². The van der Waals surface area contributed by atoms with Gasteiger partial charge in [-0.3, -0.25) is 19.3 Å². The molecule has 2 fully saturated rings. The molecule has 1 aliphatic heterocycles. The molecule has 4 rings (SSSR count). The van der Waals surface area contributed by atoms with Crippen molar-refractivity contribution in [2.45, 2.75) is 52.0 Å². The van der Waals surface area contributed by atoms with E-state index in [0.29, 0.717) is 12.1 Å². The number of rotatable bonds is 4. The van der Waals surface area contributed by atoms with Crippen molar-refractivity contribution in [2.75, 3.05) is 0 Å². The lowest BCUT2D eigenvalue weighted by molar-refractivity contribution is -0.141. The van der Waals surface area contributed by atoms with Gasteiger partial charge in [0.1, 0.15) is 6.04 Å². The number of hydrogen-bond acceptors (Lipinski definition) is 4. The molecule has 6 nitrogen and oxygen atoms in total. The molecule has 0 bridgehead atoms. The second kappa shape index (κ2) is 7.34. The number of aromatic nitrogens is 2. The quantitative estimate of drug-likeness (QED) is 0.766.